The van der Waals surface area contributed by atoms with Crippen LogP contribution in [0.3, 0.4) is 0 Å². The number of likely N-dealkylation sites (N-methyl/N-ethyl adjacent to an activating group) is 1. The summed E-state index contributed by atoms with van der Waals surface area (Å²) in [5.41, 5.74) is -0.416. The van der Waals surface area contributed by atoms with E-state index in [1.165, 1.54) is 6.42 Å². The van der Waals surface area contributed by atoms with Gasteiger partial charge in [-0.1, -0.05) is 6.92 Å². The number of ether oxygens (including phenoxy) is 1. The van der Waals surface area contributed by atoms with E-state index >= 15 is 0 Å². The number of amides is 1. The summed E-state index contributed by atoms with van der Waals surface area (Å²) < 4.78 is 5.51. The van der Waals surface area contributed by atoms with Crippen molar-refractivity contribution in [2.75, 3.05) is 13.6 Å². The van der Waals surface area contributed by atoms with Crippen LogP contribution >= 0.6 is 0 Å². The van der Waals surface area contributed by atoms with Crippen LogP contribution in [0.2, 0.25) is 0 Å². The van der Waals surface area contributed by atoms with Crippen molar-refractivity contribution in [1.82, 2.24) is 10.2 Å². The molecule has 0 bridgehead atoms. The van der Waals surface area contributed by atoms with Crippen LogP contribution in [0.4, 0.5) is 4.79 Å². The Kier molecular flexibility index (Phi) is 5.45. The summed E-state index contributed by atoms with van der Waals surface area (Å²) in [4.78, 5) is 14.2. The predicted octanol–water partition coefficient (Wildman–Crippen LogP) is 2.77. The lowest BCUT2D eigenvalue weighted by Gasteiger charge is -2.40. The fourth-order valence-electron chi connectivity index (χ4n) is 2.59. The summed E-state index contributed by atoms with van der Waals surface area (Å²) in [5, 5.41) is 3.32. The van der Waals surface area contributed by atoms with E-state index in [-0.39, 0.29) is 12.1 Å². The Bertz CT molecular complexity index is 269. The third-order valence-electron chi connectivity index (χ3n) is 3.45. The van der Waals surface area contributed by atoms with Crippen LogP contribution in [0.5, 0.6) is 0 Å². The zero-order chi connectivity index (χ0) is 13.8. The molecule has 1 heterocycles. The Labute approximate surface area is 111 Å². The van der Waals surface area contributed by atoms with Crippen LogP contribution in [-0.2, 0) is 4.74 Å². The van der Waals surface area contributed by atoms with E-state index in [0.29, 0.717) is 6.04 Å². The first kappa shape index (κ1) is 15.3. The highest BCUT2D eigenvalue weighted by atomic mass is 16.6. The van der Waals surface area contributed by atoms with Gasteiger partial charge in [0.2, 0.25) is 0 Å². The molecule has 1 aliphatic heterocycles. The lowest BCUT2D eigenvalue weighted by atomic mass is 9.94. The number of piperidine rings is 1. The van der Waals surface area contributed by atoms with Gasteiger partial charge in [-0.2, -0.15) is 0 Å². The van der Waals surface area contributed by atoms with Gasteiger partial charge in [0.1, 0.15) is 5.60 Å². The van der Waals surface area contributed by atoms with Gasteiger partial charge in [0, 0.05) is 12.6 Å². The van der Waals surface area contributed by atoms with Crippen LogP contribution in [0.15, 0.2) is 0 Å². The van der Waals surface area contributed by atoms with E-state index in [4.69, 9.17) is 4.74 Å². The number of hydrogen-bond donors (Lipinski definition) is 1. The monoisotopic (exact) mass is 256 g/mol. The molecule has 1 rings (SSSR count). The van der Waals surface area contributed by atoms with Gasteiger partial charge in [-0.15, -0.1) is 0 Å². The highest BCUT2D eigenvalue weighted by Crippen LogP contribution is 2.23. The minimum atomic E-state index is -0.416. The van der Waals surface area contributed by atoms with Gasteiger partial charge in [0.25, 0.3) is 0 Å². The highest BCUT2D eigenvalue weighted by molar-refractivity contribution is 5.68. The lowest BCUT2D eigenvalue weighted by molar-refractivity contribution is 0.00492. The van der Waals surface area contributed by atoms with Crippen LogP contribution < -0.4 is 5.32 Å². The number of carbonyl (C=O) groups excluding carboxylic acids is 1. The maximum absolute atomic E-state index is 12.2. The number of nitrogens with zero attached hydrogens (tertiary/aromatic N) is 1. The Balaban J connectivity index is 2.72. The lowest BCUT2D eigenvalue weighted by Crippen LogP contribution is -2.54. The Hall–Kier alpha value is -0.770. The maximum Gasteiger partial charge on any atom is 0.410 e. The molecule has 4 nitrogen and oxygen atoms in total. The molecule has 1 N–H and O–H groups in total. The molecule has 0 aliphatic carbocycles. The molecule has 0 aromatic heterocycles. The minimum Gasteiger partial charge on any atom is -0.444 e. The average Bonchev–Trinajstić information content (AvgIpc) is 2.29. The normalized spacial score (nSPS) is 22.7. The molecule has 1 aliphatic rings. The molecule has 4 heteroatoms. The molecule has 1 amide bonds. The molecule has 2 unspecified atom stereocenters. The van der Waals surface area contributed by atoms with Crippen molar-refractivity contribution >= 4 is 6.09 Å². The number of carbonyl (C=O) groups is 1. The first-order chi connectivity index (χ1) is 8.39. The number of hydrogen-bond acceptors (Lipinski definition) is 3. The smallest absolute Gasteiger partial charge is 0.410 e. The van der Waals surface area contributed by atoms with Crippen LogP contribution in [-0.4, -0.2) is 42.3 Å². The molecule has 0 aromatic carbocycles. The summed E-state index contributed by atoms with van der Waals surface area (Å²) in [5.74, 6) is 0. The molecule has 0 spiro atoms. The SMILES string of the molecule is CCC(NC)C1CCCCN1C(=O)OC(C)(C)C. The van der Waals surface area contributed by atoms with E-state index < -0.39 is 5.60 Å². The second-order valence-electron chi connectivity index (χ2n) is 6.04. The number of nitrogens with one attached hydrogen (secondary N) is 1. The first-order valence-corrected chi connectivity index (χ1v) is 7.06. The molecular formula is C14H28N2O2. The quantitative estimate of drug-likeness (QED) is 0.844. The van der Waals surface area contributed by atoms with E-state index in [0.717, 1.165) is 25.8 Å². The van der Waals surface area contributed by atoms with Crippen molar-refractivity contribution in [2.45, 2.75) is 71.1 Å². The van der Waals surface area contributed by atoms with Crippen molar-refractivity contribution in [3.63, 3.8) is 0 Å². The van der Waals surface area contributed by atoms with Crippen molar-refractivity contribution in [2.24, 2.45) is 0 Å². The molecular weight excluding hydrogens is 228 g/mol. The van der Waals surface area contributed by atoms with Crippen LogP contribution in [0, 0.1) is 0 Å². The topological polar surface area (TPSA) is 41.6 Å². The van der Waals surface area contributed by atoms with Gasteiger partial charge in [-0.3, -0.25) is 0 Å². The Morgan fingerprint density at radius 2 is 2.11 bits per heavy atom. The fraction of sp³-hybridized carbons (Fsp3) is 0.929. The average molecular weight is 256 g/mol. The Morgan fingerprint density at radius 3 is 2.61 bits per heavy atom. The minimum absolute atomic E-state index is 0.166. The summed E-state index contributed by atoms with van der Waals surface area (Å²) in [7, 11) is 1.97. The van der Waals surface area contributed by atoms with Crippen molar-refractivity contribution in [1.29, 1.82) is 0 Å². The van der Waals surface area contributed by atoms with E-state index in [1.54, 1.807) is 0 Å². The first-order valence-electron chi connectivity index (χ1n) is 7.06. The molecule has 18 heavy (non-hydrogen) atoms. The molecule has 1 saturated heterocycles. The third kappa shape index (κ3) is 4.16. The van der Waals surface area contributed by atoms with E-state index in [9.17, 15) is 4.79 Å². The van der Waals surface area contributed by atoms with Gasteiger partial charge in [-0.25, -0.2) is 4.79 Å². The molecule has 1 fully saturated rings. The highest BCUT2D eigenvalue weighted by Gasteiger charge is 2.33. The van der Waals surface area contributed by atoms with Gasteiger partial charge in [0.05, 0.1) is 6.04 Å². The van der Waals surface area contributed by atoms with Gasteiger partial charge in [0.15, 0.2) is 0 Å². The van der Waals surface area contributed by atoms with Crippen LogP contribution in [0.1, 0.15) is 53.4 Å². The summed E-state index contributed by atoms with van der Waals surface area (Å²) >= 11 is 0. The Morgan fingerprint density at radius 1 is 1.44 bits per heavy atom. The second-order valence-corrected chi connectivity index (χ2v) is 6.04. The summed E-state index contributed by atoms with van der Waals surface area (Å²) in [6, 6.07) is 0.626. The predicted molar refractivity (Wildman–Crippen MR) is 73.7 cm³/mol. The van der Waals surface area contributed by atoms with E-state index in [2.05, 4.69) is 12.2 Å². The van der Waals surface area contributed by atoms with Gasteiger partial charge >= 0.3 is 6.09 Å². The summed E-state index contributed by atoms with van der Waals surface area (Å²) in [6.45, 7) is 8.72. The molecule has 0 radical (unpaired) electrons. The standard InChI is InChI=1S/C14H28N2O2/c1-6-11(15-5)12-9-7-8-10-16(12)13(17)18-14(2,3)4/h11-12,15H,6-10H2,1-5H3. The second kappa shape index (κ2) is 6.41. The van der Waals surface area contributed by atoms with Crippen molar-refractivity contribution in [3.05, 3.63) is 0 Å². The largest absolute Gasteiger partial charge is 0.444 e. The zero-order valence-electron chi connectivity index (χ0n) is 12.5. The molecule has 0 aromatic rings. The number of rotatable bonds is 3. The molecule has 0 saturated carbocycles. The van der Waals surface area contributed by atoms with Crippen LogP contribution in [0.25, 0.3) is 0 Å². The van der Waals surface area contributed by atoms with Crippen molar-refractivity contribution in [3.8, 4) is 0 Å². The molecule has 2 atom stereocenters. The van der Waals surface area contributed by atoms with E-state index in [1.807, 2.05) is 32.7 Å². The summed E-state index contributed by atoms with van der Waals surface area (Å²) in [6.07, 6.45) is 4.21. The van der Waals surface area contributed by atoms with Crippen molar-refractivity contribution < 1.29 is 9.53 Å². The number of likely N-dealkylation sites (tertiary alicyclic amines) is 1. The fourth-order valence-corrected chi connectivity index (χ4v) is 2.59. The maximum atomic E-state index is 12.2. The molecule has 106 valence electrons. The zero-order valence-corrected chi connectivity index (χ0v) is 12.5. The third-order valence-corrected chi connectivity index (χ3v) is 3.45. The van der Waals surface area contributed by atoms with Gasteiger partial charge in [-0.05, 0) is 53.5 Å². The van der Waals surface area contributed by atoms with Gasteiger partial charge < -0.3 is 15.0 Å².